The molecule has 5 N–H and O–H groups in total. The Labute approximate surface area is 134 Å². The van der Waals surface area contributed by atoms with Crippen LogP contribution >= 0.6 is 0 Å². The fourth-order valence-corrected chi connectivity index (χ4v) is 2.13. The van der Waals surface area contributed by atoms with Crippen LogP contribution in [0.4, 0.5) is 0 Å². The van der Waals surface area contributed by atoms with Crippen molar-refractivity contribution in [2.75, 3.05) is 20.1 Å². The summed E-state index contributed by atoms with van der Waals surface area (Å²) in [6.45, 7) is 2.17. The van der Waals surface area contributed by atoms with Gasteiger partial charge in [-0.2, -0.15) is 0 Å². The molecule has 0 amide bonds. The van der Waals surface area contributed by atoms with Gasteiger partial charge in [0.25, 0.3) is 0 Å². The third kappa shape index (κ3) is 8.48. The molecule has 3 unspecified atom stereocenters. The molecular formula is C14H26N2O7. The van der Waals surface area contributed by atoms with Gasteiger partial charge in [-0.1, -0.05) is 13.3 Å². The number of carbonyl (C=O) groups is 3. The first-order chi connectivity index (χ1) is 10.7. The van der Waals surface area contributed by atoms with Crippen molar-refractivity contribution in [2.24, 2.45) is 0 Å². The maximum atomic E-state index is 11.2. The van der Waals surface area contributed by atoms with Crippen molar-refractivity contribution < 1.29 is 34.8 Å². The minimum Gasteiger partial charge on any atom is -0.480 e. The van der Waals surface area contributed by atoms with Crippen molar-refractivity contribution in [3.05, 3.63) is 0 Å². The van der Waals surface area contributed by atoms with Gasteiger partial charge in [-0.3, -0.25) is 14.5 Å². The van der Waals surface area contributed by atoms with Gasteiger partial charge in [-0.25, -0.2) is 4.79 Å². The number of carboxylic acids is 3. The number of rotatable bonds is 13. The molecule has 0 aromatic carbocycles. The molecule has 0 aliphatic rings. The van der Waals surface area contributed by atoms with Gasteiger partial charge in [0.1, 0.15) is 12.1 Å². The molecule has 134 valence electrons. The van der Waals surface area contributed by atoms with Crippen LogP contribution in [0.1, 0.15) is 32.6 Å². The summed E-state index contributed by atoms with van der Waals surface area (Å²) in [7, 11) is 1.63. The Kier molecular flexibility index (Phi) is 10.1. The van der Waals surface area contributed by atoms with E-state index in [1.54, 1.807) is 11.9 Å². The lowest BCUT2D eigenvalue weighted by Gasteiger charge is -2.25. The fourth-order valence-electron chi connectivity index (χ4n) is 2.13. The molecule has 0 radical (unpaired) electrons. The molecule has 0 aliphatic carbocycles. The number of nitrogens with zero attached hydrogens (tertiary/aromatic N) is 1. The Morgan fingerprint density at radius 3 is 2.04 bits per heavy atom. The molecule has 23 heavy (non-hydrogen) atoms. The van der Waals surface area contributed by atoms with Crippen LogP contribution in [0.5, 0.6) is 0 Å². The van der Waals surface area contributed by atoms with Gasteiger partial charge in [0, 0.05) is 6.54 Å². The van der Waals surface area contributed by atoms with Crippen molar-refractivity contribution >= 4 is 17.9 Å². The third-order valence-electron chi connectivity index (χ3n) is 3.54. The van der Waals surface area contributed by atoms with Gasteiger partial charge in [0.15, 0.2) is 6.10 Å². The molecule has 3 atom stereocenters. The molecule has 0 fully saturated rings. The third-order valence-corrected chi connectivity index (χ3v) is 3.54. The summed E-state index contributed by atoms with van der Waals surface area (Å²) in [5.74, 6) is -3.41. The molecule has 9 nitrogen and oxygen atoms in total. The highest BCUT2D eigenvalue weighted by Crippen LogP contribution is 2.07. The number of hydrogen-bond donors (Lipinski definition) is 5. The number of hydrogen-bond acceptors (Lipinski definition) is 6. The highest BCUT2D eigenvalue weighted by molar-refractivity contribution is 5.74. The number of carboxylic acid groups (broad SMARTS) is 3. The topological polar surface area (TPSA) is 147 Å². The summed E-state index contributed by atoms with van der Waals surface area (Å²) in [5, 5.41) is 38.6. The van der Waals surface area contributed by atoms with Gasteiger partial charge in [0.2, 0.25) is 0 Å². The molecule has 9 heteroatoms. The molecule has 0 spiro atoms. The molecule has 0 aromatic heterocycles. The quantitative estimate of drug-likeness (QED) is 0.299. The molecule has 0 aromatic rings. The van der Waals surface area contributed by atoms with E-state index >= 15 is 0 Å². The highest BCUT2D eigenvalue weighted by atomic mass is 16.4. The smallest absolute Gasteiger partial charge is 0.332 e. The largest absolute Gasteiger partial charge is 0.480 e. The van der Waals surface area contributed by atoms with Crippen LogP contribution in [0.3, 0.4) is 0 Å². The van der Waals surface area contributed by atoms with Gasteiger partial charge in [-0.15, -0.1) is 0 Å². The van der Waals surface area contributed by atoms with Gasteiger partial charge >= 0.3 is 17.9 Å². The van der Waals surface area contributed by atoms with E-state index in [0.29, 0.717) is 12.8 Å². The zero-order valence-electron chi connectivity index (χ0n) is 13.4. The van der Waals surface area contributed by atoms with E-state index in [1.807, 2.05) is 6.92 Å². The van der Waals surface area contributed by atoms with E-state index in [-0.39, 0.29) is 25.9 Å². The highest BCUT2D eigenvalue weighted by Gasteiger charge is 2.24. The SMILES string of the molecule is CCCC(C(=O)O)N(C)CCC(NCCC(O)C(=O)O)C(=O)O. The average Bonchev–Trinajstić information content (AvgIpc) is 2.46. The Morgan fingerprint density at radius 2 is 1.61 bits per heavy atom. The lowest BCUT2D eigenvalue weighted by Crippen LogP contribution is -2.44. The van der Waals surface area contributed by atoms with Gasteiger partial charge in [0.05, 0.1) is 0 Å². The number of aliphatic hydroxyl groups excluding tert-OH is 1. The lowest BCUT2D eigenvalue weighted by molar-refractivity contribution is -0.147. The minimum absolute atomic E-state index is 0.0332. The van der Waals surface area contributed by atoms with Crippen molar-refractivity contribution in [3.63, 3.8) is 0 Å². The van der Waals surface area contributed by atoms with Gasteiger partial charge in [-0.05, 0) is 32.9 Å². The zero-order valence-corrected chi connectivity index (χ0v) is 13.4. The monoisotopic (exact) mass is 334 g/mol. The summed E-state index contributed by atoms with van der Waals surface area (Å²) in [6, 6.07) is -1.60. The van der Waals surface area contributed by atoms with Crippen molar-refractivity contribution in [1.29, 1.82) is 0 Å². The predicted molar refractivity (Wildman–Crippen MR) is 81.3 cm³/mol. The number of aliphatic carboxylic acids is 3. The number of nitrogens with one attached hydrogen (secondary N) is 1. The van der Waals surface area contributed by atoms with Crippen molar-refractivity contribution in [3.8, 4) is 0 Å². The Bertz CT molecular complexity index is 403. The standard InChI is InChI=1S/C14H26N2O7/c1-3-4-10(13(20)21)16(2)8-6-9(12(18)19)15-7-5-11(17)14(22)23/h9-11,15,17H,3-8H2,1-2H3,(H,18,19)(H,20,21)(H,22,23). The van der Waals surface area contributed by atoms with E-state index in [4.69, 9.17) is 20.4 Å². The minimum atomic E-state index is -1.54. The number of aliphatic hydroxyl groups is 1. The predicted octanol–water partition coefficient (Wildman–Crippen LogP) is -0.560. The van der Waals surface area contributed by atoms with Crippen LogP contribution in [0.25, 0.3) is 0 Å². The second kappa shape index (κ2) is 10.9. The van der Waals surface area contributed by atoms with E-state index in [9.17, 15) is 14.4 Å². The fraction of sp³-hybridized carbons (Fsp3) is 0.786. The summed E-state index contributed by atoms with van der Waals surface area (Å²) in [5.41, 5.74) is 0. The van der Waals surface area contributed by atoms with Crippen molar-refractivity contribution in [2.45, 2.75) is 50.8 Å². The summed E-state index contributed by atoms with van der Waals surface area (Å²) in [4.78, 5) is 34.4. The maximum Gasteiger partial charge on any atom is 0.332 e. The Hall–Kier alpha value is -1.71. The van der Waals surface area contributed by atoms with E-state index in [1.165, 1.54) is 0 Å². The Morgan fingerprint density at radius 1 is 1.00 bits per heavy atom. The van der Waals surface area contributed by atoms with E-state index in [2.05, 4.69) is 5.32 Å². The van der Waals surface area contributed by atoms with E-state index < -0.39 is 36.1 Å². The average molecular weight is 334 g/mol. The first kappa shape index (κ1) is 21.3. The maximum absolute atomic E-state index is 11.2. The molecule has 0 bridgehead atoms. The molecule has 0 aliphatic heterocycles. The Balaban J connectivity index is 4.39. The first-order valence-corrected chi connectivity index (χ1v) is 7.50. The molecule has 0 heterocycles. The molecular weight excluding hydrogens is 308 g/mol. The van der Waals surface area contributed by atoms with Crippen LogP contribution < -0.4 is 5.32 Å². The van der Waals surface area contributed by atoms with Crippen LogP contribution in [0.2, 0.25) is 0 Å². The van der Waals surface area contributed by atoms with Crippen molar-refractivity contribution in [1.82, 2.24) is 10.2 Å². The van der Waals surface area contributed by atoms with E-state index in [0.717, 1.165) is 0 Å². The summed E-state index contributed by atoms with van der Waals surface area (Å²) >= 11 is 0. The summed E-state index contributed by atoms with van der Waals surface area (Å²) < 4.78 is 0. The van der Waals surface area contributed by atoms with Crippen LogP contribution in [-0.2, 0) is 14.4 Å². The second-order valence-corrected chi connectivity index (χ2v) is 5.40. The molecule has 0 saturated heterocycles. The second-order valence-electron chi connectivity index (χ2n) is 5.40. The van der Waals surface area contributed by atoms with Crippen LogP contribution in [-0.4, -0.2) is 81.6 Å². The lowest BCUT2D eigenvalue weighted by atomic mass is 10.1. The number of likely N-dealkylation sites (N-methyl/N-ethyl adjacent to an activating group) is 1. The van der Waals surface area contributed by atoms with Crippen LogP contribution in [0, 0.1) is 0 Å². The zero-order chi connectivity index (χ0) is 18.0. The normalized spacial score (nSPS) is 15.1. The molecule has 0 saturated carbocycles. The van der Waals surface area contributed by atoms with Gasteiger partial charge < -0.3 is 25.7 Å². The first-order valence-electron chi connectivity index (χ1n) is 7.50. The summed E-state index contributed by atoms with van der Waals surface area (Å²) in [6.07, 6.45) is -0.303. The van der Waals surface area contributed by atoms with Crippen LogP contribution in [0.15, 0.2) is 0 Å². The molecule has 0 rings (SSSR count).